The highest BCUT2D eigenvalue weighted by atomic mass is 32.1. The number of nitrogens with zero attached hydrogens (tertiary/aromatic N) is 3. The molecule has 1 aliphatic heterocycles. The summed E-state index contributed by atoms with van der Waals surface area (Å²) in [6, 6.07) is 71.9. The summed E-state index contributed by atoms with van der Waals surface area (Å²) < 4.78 is 9.60. The Morgan fingerprint density at radius 2 is 1.14 bits per heavy atom. The van der Waals surface area contributed by atoms with Crippen molar-refractivity contribution < 1.29 is 4.42 Å². The van der Waals surface area contributed by atoms with Crippen molar-refractivity contribution in [3.05, 3.63) is 200 Å². The highest BCUT2D eigenvalue weighted by Gasteiger charge is 2.28. The topological polar surface area (TPSA) is 32.5 Å². The molecule has 0 N–H and O–H groups in total. The Labute approximate surface area is 347 Å². The van der Waals surface area contributed by atoms with E-state index in [1.165, 1.54) is 41.7 Å². The lowest BCUT2D eigenvalue weighted by Crippen LogP contribution is -2.20. The fourth-order valence-corrected chi connectivity index (χ4v) is 12.1. The van der Waals surface area contributed by atoms with Gasteiger partial charge in [0.05, 0.1) is 36.7 Å². The lowest BCUT2D eigenvalue weighted by molar-refractivity contribution is 0.623. The van der Waals surface area contributed by atoms with Gasteiger partial charge in [-0.2, -0.15) is 0 Å². The molecule has 0 radical (unpaired) electrons. The lowest BCUT2D eigenvalue weighted by atomic mass is 10.0. The standard InChI is InChI=1S/C53H35N3OSSi/c1-4-16-34(17-5-1)53-54-50-45(55(36-19-6-2-7-20-36)38-30-31-48-42(33-38)40-24-11-13-29-47(40)59-48)32-35-18-14-26-43(49(35)51(50)57-53)56(37-21-8-3-9-22-37)44-27-15-25-41-39-23-10-12-28-46(39)58-52(41)44/h1-33H,59H2. The number of rotatable bonds is 7. The minimum atomic E-state index is -0.542. The number of aromatic nitrogens is 1. The van der Waals surface area contributed by atoms with Gasteiger partial charge < -0.3 is 14.2 Å². The molecule has 4 nitrogen and oxygen atoms in total. The average Bonchev–Trinajstić information content (AvgIpc) is 4.02. The Kier molecular flexibility index (Phi) is 7.86. The van der Waals surface area contributed by atoms with Crippen molar-refractivity contribution in [1.29, 1.82) is 0 Å². The average molecular weight is 790 g/mol. The van der Waals surface area contributed by atoms with E-state index in [-0.39, 0.29) is 0 Å². The van der Waals surface area contributed by atoms with Crippen LogP contribution in [0, 0.1) is 0 Å². The van der Waals surface area contributed by atoms with Gasteiger partial charge in [0.25, 0.3) is 0 Å². The van der Waals surface area contributed by atoms with Crippen LogP contribution in [0.5, 0.6) is 0 Å². The largest absolute Gasteiger partial charge is 0.435 e. The summed E-state index contributed by atoms with van der Waals surface area (Å²) in [5.74, 6) is 0.587. The number of anilines is 6. The number of para-hydroxylation sites is 2. The van der Waals surface area contributed by atoms with Crippen LogP contribution in [0.25, 0.3) is 64.6 Å². The smallest absolute Gasteiger partial charge is 0.227 e. The number of benzene rings is 9. The molecule has 11 aromatic rings. The van der Waals surface area contributed by atoms with Gasteiger partial charge in [0, 0.05) is 38.1 Å². The number of hydrogen-bond acceptors (Lipinski definition) is 5. The maximum atomic E-state index is 7.09. The Morgan fingerprint density at radius 1 is 0.475 bits per heavy atom. The molecule has 0 aliphatic carbocycles. The third-order valence-electron chi connectivity index (χ3n) is 11.7. The van der Waals surface area contributed by atoms with E-state index in [9.17, 15) is 0 Å². The van der Waals surface area contributed by atoms with Crippen LogP contribution >= 0.6 is 11.3 Å². The Bertz CT molecular complexity index is 3380. The van der Waals surface area contributed by atoms with Crippen molar-refractivity contribution in [3.8, 4) is 22.6 Å². The zero-order valence-electron chi connectivity index (χ0n) is 31.9. The first kappa shape index (κ1) is 33.8. The highest BCUT2D eigenvalue weighted by Crippen LogP contribution is 2.50. The molecule has 0 atom stereocenters. The van der Waals surface area contributed by atoms with Gasteiger partial charge in [-0.3, -0.25) is 0 Å². The van der Waals surface area contributed by atoms with Crippen LogP contribution in [0.1, 0.15) is 0 Å². The number of thiophene rings is 1. The van der Waals surface area contributed by atoms with Crippen molar-refractivity contribution >= 4 is 107 Å². The first-order chi connectivity index (χ1) is 29.3. The summed E-state index contributed by atoms with van der Waals surface area (Å²) >= 11 is 1.84. The summed E-state index contributed by atoms with van der Waals surface area (Å²) in [6.07, 6.45) is 0. The Balaban J connectivity index is 1.15. The second-order valence-electron chi connectivity index (χ2n) is 15.1. The van der Waals surface area contributed by atoms with Crippen molar-refractivity contribution in [2.75, 3.05) is 9.80 Å². The molecule has 12 rings (SSSR count). The normalized spacial score (nSPS) is 12.4. The van der Waals surface area contributed by atoms with Crippen LogP contribution in [-0.2, 0) is 0 Å². The SMILES string of the molecule is c1ccc(-c2nc3c(N(c4ccccc4)c4ccc5c(c4)-c4ccccc4[SiH2]5)cc4cccc(N(c5ccccc5)c5cccc6c5sc5ccccc56)c4c3o2)cc1. The van der Waals surface area contributed by atoms with E-state index >= 15 is 0 Å². The molecule has 3 heterocycles. The van der Waals surface area contributed by atoms with Gasteiger partial charge in [-0.1, -0.05) is 138 Å². The van der Waals surface area contributed by atoms with Gasteiger partial charge in [-0.05, 0) is 89.3 Å². The molecule has 1 aliphatic rings. The van der Waals surface area contributed by atoms with Gasteiger partial charge in [0.1, 0.15) is 5.52 Å². The molecule has 0 unspecified atom stereocenters. The summed E-state index contributed by atoms with van der Waals surface area (Å²) in [5, 5.41) is 7.58. The second kappa shape index (κ2) is 13.7. The third kappa shape index (κ3) is 5.52. The number of fused-ring (bicyclic) bond motifs is 9. The molecule has 0 bridgehead atoms. The predicted molar refractivity (Wildman–Crippen MR) is 252 cm³/mol. The molecule has 2 aromatic heterocycles. The summed E-state index contributed by atoms with van der Waals surface area (Å²) in [6.45, 7) is 0. The first-order valence-corrected chi connectivity index (χ1v) is 22.2. The zero-order valence-corrected chi connectivity index (χ0v) is 34.1. The zero-order chi connectivity index (χ0) is 38.9. The van der Waals surface area contributed by atoms with E-state index in [2.05, 4.69) is 192 Å². The fraction of sp³-hybridized carbons (Fsp3) is 0. The molecule has 278 valence electrons. The number of hydrogen-bond donors (Lipinski definition) is 0. The quantitative estimate of drug-likeness (QED) is 0.151. The fourth-order valence-electron chi connectivity index (χ4n) is 9.01. The van der Waals surface area contributed by atoms with E-state index < -0.39 is 9.52 Å². The molecule has 0 saturated carbocycles. The molecule has 6 heteroatoms. The molecule has 59 heavy (non-hydrogen) atoms. The van der Waals surface area contributed by atoms with Crippen LogP contribution in [0.15, 0.2) is 205 Å². The van der Waals surface area contributed by atoms with Gasteiger partial charge in [-0.15, -0.1) is 11.3 Å². The Hall–Kier alpha value is -7.25. The van der Waals surface area contributed by atoms with Crippen molar-refractivity contribution in [3.63, 3.8) is 0 Å². The van der Waals surface area contributed by atoms with E-state index in [4.69, 9.17) is 9.40 Å². The number of oxazole rings is 1. The van der Waals surface area contributed by atoms with E-state index in [0.29, 0.717) is 5.89 Å². The molecular formula is C53H35N3OSSi. The highest BCUT2D eigenvalue weighted by molar-refractivity contribution is 7.26. The molecule has 0 amide bonds. The van der Waals surface area contributed by atoms with Crippen LogP contribution in [0.3, 0.4) is 0 Å². The molecule has 0 fully saturated rings. The minimum absolute atomic E-state index is 0.542. The van der Waals surface area contributed by atoms with Crippen LogP contribution in [0.4, 0.5) is 34.1 Å². The van der Waals surface area contributed by atoms with Gasteiger partial charge in [-0.25, -0.2) is 4.98 Å². The van der Waals surface area contributed by atoms with Crippen LogP contribution in [-0.4, -0.2) is 14.5 Å². The van der Waals surface area contributed by atoms with Gasteiger partial charge >= 0.3 is 0 Å². The van der Waals surface area contributed by atoms with Crippen molar-refractivity contribution in [2.45, 2.75) is 0 Å². The summed E-state index contributed by atoms with van der Waals surface area (Å²) in [5.41, 5.74) is 11.5. The van der Waals surface area contributed by atoms with Crippen molar-refractivity contribution in [1.82, 2.24) is 4.98 Å². The minimum Gasteiger partial charge on any atom is -0.435 e. The van der Waals surface area contributed by atoms with E-state index in [1.54, 1.807) is 0 Å². The summed E-state index contributed by atoms with van der Waals surface area (Å²) in [7, 11) is -0.542. The molecule has 9 aromatic carbocycles. The maximum Gasteiger partial charge on any atom is 0.227 e. The molecule has 0 saturated heterocycles. The monoisotopic (exact) mass is 789 g/mol. The van der Waals surface area contributed by atoms with E-state index in [1.807, 2.05) is 29.5 Å². The third-order valence-corrected chi connectivity index (χ3v) is 14.9. The van der Waals surface area contributed by atoms with Crippen LogP contribution < -0.4 is 20.2 Å². The van der Waals surface area contributed by atoms with Gasteiger partial charge in [0.15, 0.2) is 5.58 Å². The van der Waals surface area contributed by atoms with Gasteiger partial charge in [0.2, 0.25) is 5.89 Å². The lowest BCUT2D eigenvalue weighted by Gasteiger charge is -2.29. The molecular weight excluding hydrogens is 755 g/mol. The van der Waals surface area contributed by atoms with Crippen LogP contribution in [0.2, 0.25) is 0 Å². The second-order valence-corrected chi connectivity index (χ2v) is 18.0. The predicted octanol–water partition coefficient (Wildman–Crippen LogP) is 13.1. The summed E-state index contributed by atoms with van der Waals surface area (Å²) in [4.78, 5) is 10.2. The van der Waals surface area contributed by atoms with E-state index in [0.717, 1.165) is 61.6 Å². The first-order valence-electron chi connectivity index (χ1n) is 20.0. The van der Waals surface area contributed by atoms with Crippen molar-refractivity contribution in [2.24, 2.45) is 0 Å². The maximum absolute atomic E-state index is 7.09. The molecule has 0 spiro atoms. The Morgan fingerprint density at radius 3 is 1.97 bits per heavy atom.